The molecule has 0 spiro atoms. The van der Waals surface area contributed by atoms with E-state index in [-0.39, 0.29) is 124 Å². The average Bonchev–Trinajstić information content (AvgIpc) is 2.95. The molecule has 2 aromatic carbocycles. The summed E-state index contributed by atoms with van der Waals surface area (Å²) in [5.74, 6) is 1.12. The number of nitrogens with zero attached hydrogens (tertiary/aromatic N) is 2. The number of aromatic nitrogens is 2. The third-order valence-electron chi connectivity index (χ3n) is 4.55. The van der Waals surface area contributed by atoms with Gasteiger partial charge in [-0.2, -0.15) is 0 Å². The van der Waals surface area contributed by atoms with Crippen molar-refractivity contribution in [2.75, 3.05) is 25.7 Å². The van der Waals surface area contributed by atoms with Crippen LogP contribution >= 0.6 is 39.1 Å². The molecule has 0 fully saturated rings. The molecule has 4 aromatic rings. The van der Waals surface area contributed by atoms with Gasteiger partial charge in [0, 0.05) is 33.5 Å². The van der Waals surface area contributed by atoms with E-state index in [1.54, 1.807) is 74.1 Å². The Bertz CT molecular complexity index is 1350. The Labute approximate surface area is 356 Å². The van der Waals surface area contributed by atoms with Crippen LogP contribution in [0.15, 0.2) is 77.7 Å². The van der Waals surface area contributed by atoms with Crippen LogP contribution in [-0.4, -0.2) is 47.8 Å². The number of rotatable bonds is 5. The summed E-state index contributed by atoms with van der Waals surface area (Å²) in [5.41, 5.74) is 14.3. The molecule has 0 saturated heterocycles. The van der Waals surface area contributed by atoms with Crippen LogP contribution in [0.3, 0.4) is 0 Å². The van der Waals surface area contributed by atoms with E-state index in [0.29, 0.717) is 43.2 Å². The third-order valence-corrected chi connectivity index (χ3v) is 5.69. The largest absolute Gasteiger partial charge is 1.00 e. The molecule has 0 aliphatic carbocycles. The molecule has 0 amide bonds. The van der Waals surface area contributed by atoms with E-state index in [2.05, 4.69) is 30.8 Å². The zero-order valence-corrected chi connectivity index (χ0v) is 32.5. The summed E-state index contributed by atoms with van der Waals surface area (Å²) in [4.78, 5) is 19.4. The zero-order valence-electron chi connectivity index (χ0n) is 24.2. The molecule has 0 aliphatic heterocycles. The van der Waals surface area contributed by atoms with E-state index in [4.69, 9.17) is 64.2 Å². The molecule has 0 aliphatic rings. The Morgan fingerprint density at radius 2 is 1.40 bits per heavy atom. The predicted octanol–water partition coefficient (Wildman–Crippen LogP) is -2.36. The van der Waals surface area contributed by atoms with E-state index < -0.39 is 7.12 Å². The molecule has 6 N–H and O–H groups in total. The Morgan fingerprint density at radius 3 is 1.81 bits per heavy atom. The molecule has 0 atom stereocenters. The smallest absolute Gasteiger partial charge is 1.00 e. The zero-order chi connectivity index (χ0) is 30.1. The molecule has 0 bridgehead atoms. The Kier molecular flexibility index (Phi) is 29.4. The number of hydrogen-bond acceptors (Lipinski definition) is 11. The van der Waals surface area contributed by atoms with Gasteiger partial charge in [-0.05, 0) is 76.6 Å². The fourth-order valence-corrected chi connectivity index (χ4v) is 3.42. The van der Waals surface area contributed by atoms with Gasteiger partial charge in [-0.15, -0.1) is 0 Å². The first-order valence-electron chi connectivity index (χ1n) is 10.9. The van der Waals surface area contributed by atoms with Gasteiger partial charge < -0.3 is 42.6 Å². The van der Waals surface area contributed by atoms with Crippen LogP contribution in [-0.2, 0) is 9.68 Å². The fourth-order valence-electron chi connectivity index (χ4n) is 2.81. The Hall–Kier alpha value is -0.312. The van der Waals surface area contributed by atoms with E-state index in [9.17, 15) is 0 Å². The summed E-state index contributed by atoms with van der Waals surface area (Å²) in [7, 11) is 1.50. The van der Waals surface area contributed by atoms with Crippen molar-refractivity contribution in [3.63, 3.8) is 0 Å². The molecule has 2 heterocycles. The number of nitrogen functional groups attached to an aromatic ring is 2. The number of ether oxygens (including phenoxy) is 2. The second-order valence-corrected chi connectivity index (χ2v) is 8.75. The van der Waals surface area contributed by atoms with Gasteiger partial charge in [0.2, 0.25) is 0 Å². The van der Waals surface area contributed by atoms with Gasteiger partial charge in [0.05, 0.1) is 31.3 Å². The second kappa shape index (κ2) is 26.9. The second-order valence-electron chi connectivity index (χ2n) is 7.12. The van der Waals surface area contributed by atoms with Crippen molar-refractivity contribution < 1.29 is 139 Å². The quantitative estimate of drug-likeness (QED) is 0.0563. The van der Waals surface area contributed by atoms with E-state index >= 15 is 0 Å². The van der Waals surface area contributed by atoms with Gasteiger partial charge in [-0.25, -0.2) is 4.98 Å². The molecular weight excluding hydrogens is 720 g/mol. The molecule has 2 aromatic heterocycles. The van der Waals surface area contributed by atoms with Crippen LogP contribution in [0.4, 0.5) is 11.4 Å². The maximum Gasteiger partial charge on any atom is 1.00 e. The molecule has 0 unspecified atom stereocenters. The van der Waals surface area contributed by atoms with Gasteiger partial charge in [-0.3, -0.25) is 9.78 Å². The summed E-state index contributed by atoms with van der Waals surface area (Å²) >= 11 is 14.8. The van der Waals surface area contributed by atoms with E-state index in [0.717, 1.165) is 5.56 Å². The molecule has 222 valence electrons. The van der Waals surface area contributed by atoms with Crippen molar-refractivity contribution in [3.8, 4) is 22.8 Å². The van der Waals surface area contributed by atoms with Gasteiger partial charge >= 0.3 is 110 Å². The maximum atomic E-state index is 8.88. The summed E-state index contributed by atoms with van der Waals surface area (Å²) in [5, 5.41) is 27.3. The molecule has 11 nitrogen and oxygen atoms in total. The molecule has 17 heteroatoms. The van der Waals surface area contributed by atoms with Gasteiger partial charge in [0.15, 0.2) is 0 Å². The van der Waals surface area contributed by atoms with Crippen molar-refractivity contribution in [1.82, 2.24) is 9.97 Å². The van der Waals surface area contributed by atoms with E-state index in [1.165, 1.54) is 13.2 Å². The summed E-state index contributed by atoms with van der Waals surface area (Å²) in [6.07, 6.45) is 3.37. The molecule has 0 saturated carbocycles. The van der Waals surface area contributed by atoms with Crippen LogP contribution in [0.1, 0.15) is 8.85 Å². The number of hydrogen-bond donors (Lipinski definition) is 4. The minimum Gasteiger partial charge on any atom is -1.00 e. The molecular formula is C26H30BBrCl2K2N4O7. The Morgan fingerprint density at radius 1 is 0.907 bits per heavy atom. The molecule has 0 radical (unpaired) electrons. The van der Waals surface area contributed by atoms with Crippen molar-refractivity contribution in [1.29, 1.82) is 0 Å². The number of carbonyl (C=O) groups is 1. The summed E-state index contributed by atoms with van der Waals surface area (Å²) < 4.78 is 10.8. The first kappa shape index (κ1) is 47.1. The monoisotopic (exact) mass is 748 g/mol. The molecule has 4 rings (SSSR count). The third kappa shape index (κ3) is 17.8. The first-order valence-corrected chi connectivity index (χ1v) is 12.5. The SMILES string of the molecule is C.COc1ccc(Cl)cc1-c1ncccc1N.COc1ccc(Cl)cc1B(O)O.Nc1cccnc1Br.O=CO[O-].[H-].[K+].[K+]. The first-order chi connectivity index (χ1) is 19.1. The minimum absolute atomic E-state index is 0. The van der Waals surface area contributed by atoms with Crippen molar-refractivity contribution in [2.45, 2.75) is 7.43 Å². The number of halogens is 3. The van der Waals surface area contributed by atoms with Gasteiger partial charge in [-0.1, -0.05) is 30.6 Å². The van der Waals surface area contributed by atoms with Crippen LogP contribution < -0.4 is 134 Å². The number of methoxy groups -OCH3 is 2. The standard InChI is InChI=1S/C12H11ClN2O.C7H8BClO3.C5H5BrN2.CH2O3.CH4.2K.H/c1-16-11-5-4-8(13)7-9(11)12-10(14)3-2-6-15-12;1-12-7-3-2-5(9)4-6(7)8(10)11;6-5-4(7)2-1-3-8-5;2-1-4-3;;;;/h2-7H,14H2,1H3;2-4,10-11H,1H3;1-3H,7H2;1,3H;1H4;;;/q;;;;;2*+1;-1/p-1. The van der Waals surface area contributed by atoms with Crippen LogP contribution in [0, 0.1) is 0 Å². The summed E-state index contributed by atoms with van der Waals surface area (Å²) in [6, 6.07) is 17.2. The average molecular weight is 750 g/mol. The number of carbonyl (C=O) groups excluding carboxylic acids is 1. The van der Waals surface area contributed by atoms with Crippen LogP contribution in [0.2, 0.25) is 10.0 Å². The fraction of sp³-hybridized carbons (Fsp3) is 0.115. The van der Waals surface area contributed by atoms with Crippen molar-refractivity contribution in [3.05, 3.63) is 87.7 Å². The molecule has 43 heavy (non-hydrogen) atoms. The van der Waals surface area contributed by atoms with E-state index in [1.807, 2.05) is 0 Å². The maximum absolute atomic E-state index is 8.88. The van der Waals surface area contributed by atoms with Crippen LogP contribution in [0.25, 0.3) is 11.3 Å². The van der Waals surface area contributed by atoms with Crippen molar-refractivity contribution >= 4 is 69.6 Å². The predicted molar refractivity (Wildman–Crippen MR) is 165 cm³/mol. The number of nitrogens with two attached hydrogens (primary N) is 2. The number of benzene rings is 2. The number of anilines is 2. The summed E-state index contributed by atoms with van der Waals surface area (Å²) in [6.45, 7) is -0.181. The number of pyridine rings is 2. The van der Waals surface area contributed by atoms with Gasteiger partial charge in [0.25, 0.3) is 6.47 Å². The van der Waals surface area contributed by atoms with Gasteiger partial charge in [0.1, 0.15) is 16.1 Å². The van der Waals surface area contributed by atoms with Crippen molar-refractivity contribution in [2.24, 2.45) is 0 Å². The Balaban J connectivity index is -0.000000256. The topological polar surface area (TPSA) is 186 Å². The minimum atomic E-state index is -1.56. The normalized spacial score (nSPS) is 8.65. The van der Waals surface area contributed by atoms with Crippen LogP contribution in [0.5, 0.6) is 11.5 Å².